The lowest BCUT2D eigenvalue weighted by molar-refractivity contribution is 0.0100. The van der Waals surface area contributed by atoms with Crippen LogP contribution in [0.5, 0.6) is 11.5 Å². The summed E-state index contributed by atoms with van der Waals surface area (Å²) in [7, 11) is 1.56. The first-order chi connectivity index (χ1) is 13.6. The second-order valence-corrected chi connectivity index (χ2v) is 6.60. The van der Waals surface area contributed by atoms with Gasteiger partial charge in [-0.15, -0.1) is 0 Å². The molecule has 0 radical (unpaired) electrons. The molecule has 3 aromatic carbocycles. The Balaban J connectivity index is 2.30. The first kappa shape index (κ1) is 19.9. The maximum Gasteiger partial charge on any atom is 0.203 e. The lowest BCUT2D eigenvalue weighted by Gasteiger charge is -2.29. The van der Waals surface area contributed by atoms with Crippen molar-refractivity contribution < 1.29 is 19.0 Å². The Morgan fingerprint density at radius 1 is 0.929 bits per heavy atom. The van der Waals surface area contributed by atoms with Crippen LogP contribution in [0.15, 0.2) is 60.7 Å². The summed E-state index contributed by atoms with van der Waals surface area (Å²) in [6, 6.07) is 19.2. The fraction of sp³-hybridized carbons (Fsp3) is 0.292. The van der Waals surface area contributed by atoms with E-state index in [0.29, 0.717) is 30.3 Å². The Morgan fingerprint density at radius 2 is 1.57 bits per heavy atom. The molecule has 0 saturated heterocycles. The number of Topliss-reactive ketones (excluding diaryl/α,β-unsaturated/α-hetero) is 1. The van der Waals surface area contributed by atoms with Gasteiger partial charge < -0.3 is 14.2 Å². The first-order valence-electron chi connectivity index (χ1n) is 9.53. The number of methoxy groups -OCH3 is 1. The normalized spacial score (nSPS) is 13.1. The molecular formula is C24H26O4. The van der Waals surface area contributed by atoms with Crippen LogP contribution in [-0.4, -0.2) is 26.1 Å². The maximum atomic E-state index is 13.9. The van der Waals surface area contributed by atoms with Crippen LogP contribution in [-0.2, 0) is 10.3 Å². The minimum atomic E-state index is -1.15. The van der Waals surface area contributed by atoms with Crippen LogP contribution in [0.25, 0.3) is 10.8 Å². The van der Waals surface area contributed by atoms with Crippen LogP contribution < -0.4 is 9.47 Å². The highest BCUT2D eigenvalue weighted by Crippen LogP contribution is 2.42. The zero-order valence-corrected chi connectivity index (χ0v) is 16.8. The van der Waals surface area contributed by atoms with Crippen molar-refractivity contribution in [2.45, 2.75) is 26.4 Å². The van der Waals surface area contributed by atoms with E-state index in [1.807, 2.05) is 74.5 Å². The van der Waals surface area contributed by atoms with E-state index in [1.165, 1.54) is 0 Å². The SMILES string of the molecule is CCOc1cc2ccccc2c(C(=O)[C@@](C)(OC)c2ccccc2)c1OCC. The minimum Gasteiger partial charge on any atom is -0.490 e. The molecule has 4 heteroatoms. The van der Waals surface area contributed by atoms with Crippen molar-refractivity contribution in [1.29, 1.82) is 0 Å². The molecule has 0 unspecified atom stereocenters. The molecule has 0 amide bonds. The van der Waals surface area contributed by atoms with Crippen LogP contribution in [0.2, 0.25) is 0 Å². The standard InChI is InChI=1S/C24H26O4/c1-5-27-20-16-17-12-10-11-15-19(17)21(22(20)28-6-2)23(25)24(3,26-4)18-13-8-7-9-14-18/h7-16H,5-6H2,1-4H3/t24-/m0/s1. The minimum absolute atomic E-state index is 0.164. The van der Waals surface area contributed by atoms with Crippen LogP contribution in [0.1, 0.15) is 36.7 Å². The fourth-order valence-corrected chi connectivity index (χ4v) is 3.41. The second kappa shape index (κ2) is 8.44. The molecule has 0 spiro atoms. The number of ketones is 1. The van der Waals surface area contributed by atoms with Gasteiger partial charge in [-0.25, -0.2) is 0 Å². The predicted octanol–water partition coefficient (Wildman–Crippen LogP) is 5.38. The van der Waals surface area contributed by atoms with Gasteiger partial charge in [0.15, 0.2) is 17.1 Å². The molecule has 3 aromatic rings. The molecule has 0 aliphatic heterocycles. The van der Waals surface area contributed by atoms with Crippen molar-refractivity contribution in [2.24, 2.45) is 0 Å². The predicted molar refractivity (Wildman–Crippen MR) is 111 cm³/mol. The van der Waals surface area contributed by atoms with Gasteiger partial charge in [0.2, 0.25) is 5.78 Å². The number of hydrogen-bond acceptors (Lipinski definition) is 4. The number of carbonyl (C=O) groups excluding carboxylic acids is 1. The molecule has 3 rings (SSSR count). The van der Waals surface area contributed by atoms with E-state index in [2.05, 4.69) is 0 Å². The van der Waals surface area contributed by atoms with Gasteiger partial charge in [0.1, 0.15) is 0 Å². The Bertz CT molecular complexity index is 965. The summed E-state index contributed by atoms with van der Waals surface area (Å²) < 4.78 is 17.5. The molecule has 0 heterocycles. The van der Waals surface area contributed by atoms with E-state index in [9.17, 15) is 4.79 Å². The molecule has 0 bridgehead atoms. The summed E-state index contributed by atoms with van der Waals surface area (Å²) >= 11 is 0. The molecule has 0 saturated carbocycles. The third-order valence-electron chi connectivity index (χ3n) is 4.95. The maximum absolute atomic E-state index is 13.9. The lowest BCUT2D eigenvalue weighted by atomic mass is 9.85. The largest absolute Gasteiger partial charge is 0.490 e. The van der Waals surface area contributed by atoms with Gasteiger partial charge in [0.05, 0.1) is 18.8 Å². The summed E-state index contributed by atoms with van der Waals surface area (Å²) in [6.45, 7) is 6.50. The van der Waals surface area contributed by atoms with E-state index in [-0.39, 0.29) is 5.78 Å². The van der Waals surface area contributed by atoms with Gasteiger partial charge >= 0.3 is 0 Å². The van der Waals surface area contributed by atoms with Gasteiger partial charge in [-0.05, 0) is 43.2 Å². The Morgan fingerprint density at radius 3 is 2.21 bits per heavy atom. The first-order valence-corrected chi connectivity index (χ1v) is 9.53. The topological polar surface area (TPSA) is 44.8 Å². The van der Waals surface area contributed by atoms with Crippen molar-refractivity contribution in [1.82, 2.24) is 0 Å². The van der Waals surface area contributed by atoms with E-state index < -0.39 is 5.60 Å². The van der Waals surface area contributed by atoms with Gasteiger partial charge in [0.25, 0.3) is 0 Å². The number of benzene rings is 3. The molecular weight excluding hydrogens is 352 g/mol. The molecule has 0 aliphatic carbocycles. The summed E-state index contributed by atoms with van der Waals surface area (Å²) in [6.07, 6.45) is 0. The van der Waals surface area contributed by atoms with Crippen LogP contribution in [0, 0.1) is 0 Å². The number of carbonyl (C=O) groups is 1. The second-order valence-electron chi connectivity index (χ2n) is 6.60. The van der Waals surface area contributed by atoms with E-state index in [4.69, 9.17) is 14.2 Å². The van der Waals surface area contributed by atoms with Gasteiger partial charge in [-0.1, -0.05) is 54.6 Å². The third-order valence-corrected chi connectivity index (χ3v) is 4.95. The molecule has 0 fully saturated rings. The number of hydrogen-bond donors (Lipinski definition) is 0. The van der Waals surface area contributed by atoms with Crippen molar-refractivity contribution in [3.05, 3.63) is 71.8 Å². The van der Waals surface area contributed by atoms with Gasteiger partial charge in [0, 0.05) is 7.11 Å². The zero-order valence-electron chi connectivity index (χ0n) is 16.8. The lowest BCUT2D eigenvalue weighted by Crippen LogP contribution is -2.35. The van der Waals surface area contributed by atoms with Gasteiger partial charge in [-0.3, -0.25) is 4.79 Å². The molecule has 28 heavy (non-hydrogen) atoms. The molecule has 4 nitrogen and oxygen atoms in total. The summed E-state index contributed by atoms with van der Waals surface area (Å²) in [5.41, 5.74) is 0.119. The number of rotatable bonds is 8. The van der Waals surface area contributed by atoms with Crippen LogP contribution in [0.4, 0.5) is 0 Å². The quantitative estimate of drug-likeness (QED) is 0.494. The molecule has 0 aromatic heterocycles. The average Bonchev–Trinajstić information content (AvgIpc) is 2.74. The summed E-state index contributed by atoms with van der Waals surface area (Å²) in [5.74, 6) is 0.868. The Labute approximate surface area is 166 Å². The Kier molecular flexibility index (Phi) is 6.00. The zero-order chi connectivity index (χ0) is 20.1. The Hall–Kier alpha value is -2.85. The van der Waals surface area contributed by atoms with E-state index in [0.717, 1.165) is 16.3 Å². The average molecular weight is 378 g/mol. The number of ether oxygens (including phenoxy) is 3. The molecule has 1 atom stereocenters. The summed E-state index contributed by atoms with van der Waals surface area (Å²) in [5, 5.41) is 1.74. The van der Waals surface area contributed by atoms with Crippen molar-refractivity contribution in [3.63, 3.8) is 0 Å². The van der Waals surface area contributed by atoms with E-state index >= 15 is 0 Å². The third kappa shape index (κ3) is 3.48. The van der Waals surface area contributed by atoms with Crippen molar-refractivity contribution in [2.75, 3.05) is 20.3 Å². The monoisotopic (exact) mass is 378 g/mol. The van der Waals surface area contributed by atoms with Gasteiger partial charge in [-0.2, -0.15) is 0 Å². The van der Waals surface area contributed by atoms with Crippen LogP contribution in [0.3, 0.4) is 0 Å². The summed E-state index contributed by atoms with van der Waals surface area (Å²) in [4.78, 5) is 13.9. The van der Waals surface area contributed by atoms with Crippen molar-refractivity contribution >= 4 is 16.6 Å². The highest BCUT2D eigenvalue weighted by Gasteiger charge is 2.39. The van der Waals surface area contributed by atoms with Crippen molar-refractivity contribution in [3.8, 4) is 11.5 Å². The number of fused-ring (bicyclic) bond motifs is 1. The molecule has 146 valence electrons. The highest BCUT2D eigenvalue weighted by molar-refractivity contribution is 6.15. The fourth-order valence-electron chi connectivity index (χ4n) is 3.41. The molecule has 0 aliphatic rings. The van der Waals surface area contributed by atoms with E-state index in [1.54, 1.807) is 14.0 Å². The molecule has 0 N–H and O–H groups in total. The van der Waals surface area contributed by atoms with Crippen LogP contribution >= 0.6 is 0 Å². The highest BCUT2D eigenvalue weighted by atomic mass is 16.5. The smallest absolute Gasteiger partial charge is 0.203 e.